The van der Waals surface area contributed by atoms with Crippen LogP contribution in [0.1, 0.15) is 43.9 Å². The number of aromatic nitrogens is 2. The number of nitrogens with zero attached hydrogens (tertiary/aromatic N) is 2. The van der Waals surface area contributed by atoms with Crippen LogP contribution in [0, 0.1) is 5.92 Å². The highest BCUT2D eigenvalue weighted by Gasteiger charge is 2.30. The Morgan fingerprint density at radius 1 is 1.25 bits per heavy atom. The minimum atomic E-state index is 0.302. The molecule has 0 N–H and O–H groups in total. The number of rotatable bonds is 3. The molecule has 1 heterocycles. The third kappa shape index (κ3) is 2.04. The summed E-state index contributed by atoms with van der Waals surface area (Å²) in [5.74, 6) is 1.47. The van der Waals surface area contributed by atoms with Crippen LogP contribution in [0.3, 0.4) is 0 Å². The van der Waals surface area contributed by atoms with E-state index in [1.807, 2.05) is 0 Å². The minimum Gasteiger partial charge on any atom is -0.473 e. The van der Waals surface area contributed by atoms with Crippen molar-refractivity contribution >= 4 is 0 Å². The van der Waals surface area contributed by atoms with Crippen LogP contribution >= 0.6 is 0 Å². The Labute approximate surface area is 96.2 Å². The van der Waals surface area contributed by atoms with E-state index in [4.69, 9.17) is 4.74 Å². The van der Waals surface area contributed by atoms with Gasteiger partial charge in [-0.3, -0.25) is 0 Å². The highest BCUT2D eigenvalue weighted by Crippen LogP contribution is 2.34. The van der Waals surface area contributed by atoms with Crippen LogP contribution in [-0.4, -0.2) is 16.3 Å². The van der Waals surface area contributed by atoms with Gasteiger partial charge in [0.15, 0.2) is 0 Å². The van der Waals surface area contributed by atoms with E-state index in [2.05, 4.69) is 23.2 Å². The molecule has 0 radical (unpaired) electrons. The average molecular weight is 218 g/mol. The zero-order chi connectivity index (χ0) is 11.0. The second-order valence-electron chi connectivity index (χ2n) is 5.02. The lowest BCUT2D eigenvalue weighted by Crippen LogP contribution is -2.16. The fourth-order valence-electron chi connectivity index (χ4n) is 2.38. The maximum absolute atomic E-state index is 5.83. The Bertz CT molecular complexity index is 388. The van der Waals surface area contributed by atoms with Gasteiger partial charge in [0, 0.05) is 6.07 Å². The van der Waals surface area contributed by atoms with Gasteiger partial charge in [0.2, 0.25) is 5.88 Å². The van der Waals surface area contributed by atoms with Gasteiger partial charge in [0.25, 0.3) is 0 Å². The number of hydrogen-bond donors (Lipinski definition) is 0. The predicted molar refractivity (Wildman–Crippen MR) is 61.5 cm³/mol. The maximum atomic E-state index is 5.83. The summed E-state index contributed by atoms with van der Waals surface area (Å²) >= 11 is 0. The van der Waals surface area contributed by atoms with Gasteiger partial charge in [-0.1, -0.05) is 0 Å². The highest BCUT2D eigenvalue weighted by atomic mass is 16.5. The molecule has 3 rings (SSSR count). The average Bonchev–Trinajstić information content (AvgIpc) is 3.12. The summed E-state index contributed by atoms with van der Waals surface area (Å²) in [7, 11) is 0. The lowest BCUT2D eigenvalue weighted by Gasteiger charge is -2.16. The molecule has 0 bridgehead atoms. The molecule has 3 heteroatoms. The van der Waals surface area contributed by atoms with E-state index in [1.54, 1.807) is 0 Å². The van der Waals surface area contributed by atoms with Crippen molar-refractivity contribution in [3.63, 3.8) is 0 Å². The van der Waals surface area contributed by atoms with Crippen molar-refractivity contribution in [3.8, 4) is 5.88 Å². The molecular formula is C13H18N2O. The predicted octanol–water partition coefficient (Wildman–Crippen LogP) is 2.53. The van der Waals surface area contributed by atoms with Crippen molar-refractivity contribution in [1.82, 2.24) is 10.2 Å². The third-order valence-electron chi connectivity index (χ3n) is 3.64. The molecular weight excluding hydrogens is 200 g/mol. The van der Waals surface area contributed by atoms with Gasteiger partial charge < -0.3 is 4.74 Å². The molecule has 0 aromatic carbocycles. The molecule has 3 nitrogen and oxygen atoms in total. The molecule has 2 aliphatic rings. The second-order valence-corrected chi connectivity index (χ2v) is 5.02. The first-order chi connectivity index (χ1) is 7.83. The van der Waals surface area contributed by atoms with E-state index in [9.17, 15) is 0 Å². The SMILES string of the molecule is CC(Oc1cc2c(nn1)CCCC2)C1CC1. The van der Waals surface area contributed by atoms with Crippen LogP contribution in [0.2, 0.25) is 0 Å². The van der Waals surface area contributed by atoms with Crippen molar-refractivity contribution in [3.05, 3.63) is 17.3 Å². The number of fused-ring (bicyclic) bond motifs is 1. The lowest BCUT2D eigenvalue weighted by molar-refractivity contribution is 0.187. The topological polar surface area (TPSA) is 35.0 Å². The van der Waals surface area contributed by atoms with Gasteiger partial charge in [0.1, 0.15) is 6.10 Å². The molecule has 1 atom stereocenters. The fraction of sp³-hybridized carbons (Fsp3) is 0.692. The van der Waals surface area contributed by atoms with Crippen LogP contribution in [0.4, 0.5) is 0 Å². The summed E-state index contributed by atoms with van der Waals surface area (Å²) in [6.45, 7) is 2.14. The first kappa shape index (κ1) is 10.1. The van der Waals surface area contributed by atoms with Crippen molar-refractivity contribution < 1.29 is 4.74 Å². The Balaban J connectivity index is 1.74. The first-order valence-corrected chi connectivity index (χ1v) is 6.35. The standard InChI is InChI=1S/C13H18N2O/c1-9(10-6-7-10)16-13-8-11-4-2-3-5-12(11)14-15-13/h8-10H,2-7H2,1H3. The normalized spacial score (nSPS) is 21.3. The quantitative estimate of drug-likeness (QED) is 0.782. The fourth-order valence-corrected chi connectivity index (χ4v) is 2.38. The molecule has 1 aromatic rings. The van der Waals surface area contributed by atoms with Crippen LogP contribution in [0.25, 0.3) is 0 Å². The van der Waals surface area contributed by atoms with Gasteiger partial charge in [-0.15, -0.1) is 5.10 Å². The third-order valence-corrected chi connectivity index (χ3v) is 3.64. The highest BCUT2D eigenvalue weighted by molar-refractivity contribution is 5.26. The molecule has 0 aliphatic heterocycles. The zero-order valence-electron chi connectivity index (χ0n) is 9.78. The molecule has 2 aliphatic carbocycles. The second kappa shape index (κ2) is 4.04. The molecule has 86 valence electrons. The largest absolute Gasteiger partial charge is 0.473 e. The summed E-state index contributed by atoms with van der Waals surface area (Å²) in [6, 6.07) is 2.10. The van der Waals surface area contributed by atoms with Gasteiger partial charge >= 0.3 is 0 Å². The van der Waals surface area contributed by atoms with E-state index in [-0.39, 0.29) is 0 Å². The number of hydrogen-bond acceptors (Lipinski definition) is 3. The molecule has 1 fully saturated rings. The first-order valence-electron chi connectivity index (χ1n) is 6.35. The van der Waals surface area contributed by atoms with E-state index in [0.29, 0.717) is 6.10 Å². The maximum Gasteiger partial charge on any atom is 0.233 e. The Morgan fingerprint density at radius 3 is 2.88 bits per heavy atom. The molecule has 0 amide bonds. The number of aryl methyl sites for hydroxylation is 2. The van der Waals surface area contributed by atoms with Gasteiger partial charge in [0.05, 0.1) is 5.69 Å². The van der Waals surface area contributed by atoms with Crippen LogP contribution < -0.4 is 4.74 Å². The van der Waals surface area contributed by atoms with Crippen molar-refractivity contribution in [2.45, 2.75) is 51.6 Å². The summed E-state index contributed by atoms with van der Waals surface area (Å²) < 4.78 is 5.83. The van der Waals surface area contributed by atoms with E-state index < -0.39 is 0 Å². The molecule has 1 saturated carbocycles. The van der Waals surface area contributed by atoms with Gasteiger partial charge in [-0.05, 0) is 56.9 Å². The summed E-state index contributed by atoms with van der Waals surface area (Å²) in [5, 5.41) is 8.45. The van der Waals surface area contributed by atoms with E-state index in [1.165, 1.54) is 36.9 Å². The zero-order valence-corrected chi connectivity index (χ0v) is 9.78. The van der Waals surface area contributed by atoms with Crippen LogP contribution in [0.5, 0.6) is 5.88 Å². The molecule has 0 saturated heterocycles. The van der Waals surface area contributed by atoms with Crippen LogP contribution in [-0.2, 0) is 12.8 Å². The smallest absolute Gasteiger partial charge is 0.233 e. The molecule has 16 heavy (non-hydrogen) atoms. The Hall–Kier alpha value is -1.12. The molecule has 1 aromatic heterocycles. The van der Waals surface area contributed by atoms with Crippen molar-refractivity contribution in [1.29, 1.82) is 0 Å². The minimum absolute atomic E-state index is 0.302. The lowest BCUT2D eigenvalue weighted by atomic mass is 9.97. The Kier molecular flexibility index (Phi) is 2.54. The Morgan fingerprint density at radius 2 is 2.06 bits per heavy atom. The number of ether oxygens (including phenoxy) is 1. The van der Waals surface area contributed by atoms with Crippen molar-refractivity contribution in [2.24, 2.45) is 5.92 Å². The van der Waals surface area contributed by atoms with Gasteiger partial charge in [-0.25, -0.2) is 0 Å². The van der Waals surface area contributed by atoms with Gasteiger partial charge in [-0.2, -0.15) is 5.10 Å². The van der Waals surface area contributed by atoms with Crippen LogP contribution in [0.15, 0.2) is 6.07 Å². The monoisotopic (exact) mass is 218 g/mol. The summed E-state index contributed by atoms with van der Waals surface area (Å²) in [5.41, 5.74) is 2.52. The van der Waals surface area contributed by atoms with E-state index >= 15 is 0 Å². The van der Waals surface area contributed by atoms with Crippen molar-refractivity contribution in [2.75, 3.05) is 0 Å². The summed E-state index contributed by atoms with van der Waals surface area (Å²) in [4.78, 5) is 0. The van der Waals surface area contributed by atoms with E-state index in [0.717, 1.165) is 24.6 Å². The molecule has 0 spiro atoms. The summed E-state index contributed by atoms with van der Waals surface area (Å²) in [6.07, 6.45) is 7.66. The molecule has 1 unspecified atom stereocenters.